The van der Waals surface area contributed by atoms with Gasteiger partial charge in [-0.2, -0.15) is 4.37 Å². The van der Waals surface area contributed by atoms with Gasteiger partial charge in [-0.15, -0.1) is 0 Å². The van der Waals surface area contributed by atoms with Gasteiger partial charge in [0.2, 0.25) is 0 Å². The van der Waals surface area contributed by atoms with E-state index in [1.165, 1.54) is 33.4 Å². The molecule has 0 atom stereocenters. The molecule has 41 heavy (non-hydrogen) atoms. The van der Waals surface area contributed by atoms with Crippen molar-refractivity contribution in [2.24, 2.45) is 0 Å². The van der Waals surface area contributed by atoms with Gasteiger partial charge in [-0.1, -0.05) is 97.1 Å². The highest BCUT2D eigenvalue weighted by molar-refractivity contribution is 7.09. The fourth-order valence-electron chi connectivity index (χ4n) is 5.51. The van der Waals surface area contributed by atoms with Gasteiger partial charge in [0.25, 0.3) is 0 Å². The number of hydrogen-bond donors (Lipinski definition) is 0. The summed E-state index contributed by atoms with van der Waals surface area (Å²) in [6.07, 6.45) is 0. The molecule has 0 spiro atoms. The van der Waals surface area contributed by atoms with Gasteiger partial charge in [0.05, 0.1) is 11.4 Å². The number of anilines is 3. The van der Waals surface area contributed by atoms with E-state index in [0.717, 1.165) is 50.5 Å². The van der Waals surface area contributed by atoms with Crippen LogP contribution in [0.2, 0.25) is 0 Å². The van der Waals surface area contributed by atoms with Crippen molar-refractivity contribution in [2.75, 3.05) is 4.90 Å². The van der Waals surface area contributed by atoms with Crippen LogP contribution in [0, 0.1) is 0 Å². The fraction of sp³-hybridized carbons (Fsp3) is 0. The summed E-state index contributed by atoms with van der Waals surface area (Å²) >= 11 is 1.43. The molecular weight excluding hydrogens is 522 g/mol. The molecule has 6 aromatic carbocycles. The van der Waals surface area contributed by atoms with Gasteiger partial charge >= 0.3 is 0 Å². The van der Waals surface area contributed by atoms with Gasteiger partial charge in [-0.3, -0.25) is 0 Å². The minimum absolute atomic E-state index is 0.740. The summed E-state index contributed by atoms with van der Waals surface area (Å²) in [6, 6.07) is 48.2. The maximum absolute atomic E-state index is 6.20. The van der Waals surface area contributed by atoms with Crippen LogP contribution in [0.1, 0.15) is 0 Å². The highest BCUT2D eigenvalue weighted by Gasteiger charge is 2.25. The molecule has 4 nitrogen and oxygen atoms in total. The molecule has 1 aliphatic rings. The Hall–Kier alpha value is -5.26. The quantitative estimate of drug-likeness (QED) is 0.220. The molecule has 0 unspecified atom stereocenters. The highest BCUT2D eigenvalue weighted by atomic mass is 32.1. The molecule has 7 aromatic rings. The number of rotatable bonds is 4. The van der Waals surface area contributed by atoms with Crippen molar-refractivity contribution in [3.63, 3.8) is 0 Å². The third-order valence-electron chi connectivity index (χ3n) is 7.43. The van der Waals surface area contributed by atoms with Crippen molar-refractivity contribution in [3.05, 3.63) is 140 Å². The van der Waals surface area contributed by atoms with Crippen molar-refractivity contribution in [1.82, 2.24) is 9.36 Å². The van der Waals surface area contributed by atoms with Crippen LogP contribution in [0.3, 0.4) is 0 Å². The van der Waals surface area contributed by atoms with Crippen molar-refractivity contribution in [1.29, 1.82) is 0 Å². The first-order chi connectivity index (χ1) is 20.3. The van der Waals surface area contributed by atoms with Gasteiger partial charge < -0.3 is 9.64 Å². The number of hydrogen-bond acceptors (Lipinski definition) is 5. The lowest BCUT2D eigenvalue weighted by molar-refractivity contribution is 0.477. The predicted octanol–water partition coefficient (Wildman–Crippen LogP) is 10.3. The van der Waals surface area contributed by atoms with E-state index in [1.807, 2.05) is 42.5 Å². The summed E-state index contributed by atoms with van der Waals surface area (Å²) < 4.78 is 11.0. The summed E-state index contributed by atoms with van der Waals surface area (Å²) in [7, 11) is 0. The molecule has 0 N–H and O–H groups in total. The number of ether oxygens (including phenoxy) is 1. The fourth-order valence-corrected chi connectivity index (χ4v) is 6.19. The molecule has 0 bridgehead atoms. The molecule has 5 heteroatoms. The first-order valence-electron chi connectivity index (χ1n) is 13.5. The minimum Gasteiger partial charge on any atom is -0.453 e. The van der Waals surface area contributed by atoms with Crippen LogP contribution in [0.25, 0.3) is 43.9 Å². The normalized spacial score (nSPS) is 12.0. The molecule has 0 fully saturated rings. The van der Waals surface area contributed by atoms with Crippen molar-refractivity contribution >= 4 is 39.4 Å². The molecule has 2 heterocycles. The molecule has 1 aliphatic heterocycles. The number of aromatic nitrogens is 2. The third kappa shape index (κ3) is 4.15. The summed E-state index contributed by atoms with van der Waals surface area (Å²) in [5, 5.41) is 3.28. The first kappa shape index (κ1) is 23.6. The smallest absolute Gasteiger partial charge is 0.173 e. The SMILES string of the molecule is c1ccc(-c2cccc3cc(-c4nsc(-c5cccc(N6c7ccccc7Oc7ccccc76)c5)n4)ccc23)cc1. The standard InChI is InChI=1S/C36H23N3OS/c1-2-10-24(11-3-1)29-15-9-12-25-22-26(20-21-30(25)29)35-37-36(41-38-35)27-13-8-14-28(23-27)39-31-16-4-6-18-33(31)40-34-19-7-5-17-32(34)39/h1-23H. The second-order valence-electron chi connectivity index (χ2n) is 9.95. The van der Waals surface area contributed by atoms with E-state index in [4.69, 9.17) is 14.1 Å². The predicted molar refractivity (Wildman–Crippen MR) is 168 cm³/mol. The number of nitrogens with zero attached hydrogens (tertiary/aromatic N) is 3. The Balaban J connectivity index is 1.16. The zero-order valence-corrected chi connectivity index (χ0v) is 22.8. The van der Waals surface area contributed by atoms with E-state index in [9.17, 15) is 0 Å². The first-order valence-corrected chi connectivity index (χ1v) is 14.3. The van der Waals surface area contributed by atoms with Crippen LogP contribution < -0.4 is 9.64 Å². The van der Waals surface area contributed by atoms with E-state index < -0.39 is 0 Å². The Bertz CT molecular complexity index is 2000. The molecular formula is C36H23N3OS. The van der Waals surface area contributed by atoms with Crippen LogP contribution in [-0.2, 0) is 0 Å². The molecule has 0 amide bonds. The number of fused-ring (bicyclic) bond motifs is 3. The van der Waals surface area contributed by atoms with E-state index in [0.29, 0.717) is 0 Å². The molecule has 0 saturated heterocycles. The lowest BCUT2D eigenvalue weighted by Crippen LogP contribution is -2.15. The number of benzene rings is 6. The average molecular weight is 546 g/mol. The second-order valence-corrected chi connectivity index (χ2v) is 10.7. The largest absolute Gasteiger partial charge is 0.453 e. The maximum Gasteiger partial charge on any atom is 0.173 e. The third-order valence-corrected chi connectivity index (χ3v) is 8.20. The Morgan fingerprint density at radius 2 is 1.27 bits per heavy atom. The molecule has 0 radical (unpaired) electrons. The van der Waals surface area contributed by atoms with Gasteiger partial charge in [-0.05, 0) is 75.9 Å². The lowest BCUT2D eigenvalue weighted by Gasteiger charge is -2.32. The van der Waals surface area contributed by atoms with E-state index >= 15 is 0 Å². The molecule has 0 aliphatic carbocycles. The topological polar surface area (TPSA) is 38.2 Å². The monoisotopic (exact) mass is 545 g/mol. The van der Waals surface area contributed by atoms with Crippen LogP contribution >= 0.6 is 11.5 Å². The van der Waals surface area contributed by atoms with Crippen molar-refractivity contribution in [3.8, 4) is 44.6 Å². The Morgan fingerprint density at radius 3 is 2.07 bits per heavy atom. The van der Waals surface area contributed by atoms with Crippen molar-refractivity contribution < 1.29 is 4.74 Å². The summed E-state index contributed by atoms with van der Waals surface area (Å²) in [5.41, 5.74) is 7.54. The van der Waals surface area contributed by atoms with Gasteiger partial charge in [0, 0.05) is 16.8 Å². The highest BCUT2D eigenvalue weighted by Crippen LogP contribution is 2.50. The van der Waals surface area contributed by atoms with Gasteiger partial charge in [0.15, 0.2) is 17.3 Å². The Kier molecular flexibility index (Phi) is 5.61. The van der Waals surface area contributed by atoms with E-state index in [-0.39, 0.29) is 0 Å². The maximum atomic E-state index is 6.20. The average Bonchev–Trinajstić information content (AvgIpc) is 3.54. The van der Waals surface area contributed by atoms with E-state index in [2.05, 4.69) is 102 Å². The van der Waals surface area contributed by atoms with Crippen LogP contribution in [0.15, 0.2) is 140 Å². The lowest BCUT2D eigenvalue weighted by atomic mass is 9.97. The van der Waals surface area contributed by atoms with Crippen LogP contribution in [-0.4, -0.2) is 9.36 Å². The summed E-state index contributed by atoms with van der Waals surface area (Å²) in [6.45, 7) is 0. The molecule has 0 saturated carbocycles. The van der Waals surface area contributed by atoms with Gasteiger partial charge in [-0.25, -0.2) is 4.98 Å². The van der Waals surface area contributed by atoms with E-state index in [1.54, 1.807) is 0 Å². The molecule has 194 valence electrons. The molecule has 8 rings (SSSR count). The van der Waals surface area contributed by atoms with Crippen LogP contribution in [0.5, 0.6) is 11.5 Å². The summed E-state index contributed by atoms with van der Waals surface area (Å²) in [5.74, 6) is 2.41. The number of para-hydroxylation sites is 4. The van der Waals surface area contributed by atoms with Gasteiger partial charge in [0.1, 0.15) is 5.01 Å². The zero-order chi connectivity index (χ0) is 27.2. The second kappa shape index (κ2) is 9.73. The van der Waals surface area contributed by atoms with Crippen LogP contribution in [0.4, 0.5) is 17.1 Å². The van der Waals surface area contributed by atoms with Crippen molar-refractivity contribution in [2.45, 2.75) is 0 Å². The Labute approximate surface area is 241 Å². The molecule has 1 aromatic heterocycles. The minimum atomic E-state index is 0.740. The Morgan fingerprint density at radius 1 is 0.561 bits per heavy atom. The zero-order valence-electron chi connectivity index (χ0n) is 21.9. The summed E-state index contributed by atoms with van der Waals surface area (Å²) in [4.78, 5) is 7.22.